The van der Waals surface area contributed by atoms with Gasteiger partial charge >= 0.3 is 0 Å². The molecule has 0 spiro atoms. The summed E-state index contributed by atoms with van der Waals surface area (Å²) in [5.74, 6) is 3.78. The van der Waals surface area contributed by atoms with Crippen LogP contribution in [0.3, 0.4) is 0 Å². The number of fused-ring (bicyclic) bond motifs is 2. The minimum atomic E-state index is 0. The normalized spacial score (nSPS) is 27.0. The number of halogens is 1. The van der Waals surface area contributed by atoms with Crippen LogP contribution in [0.2, 0.25) is 0 Å². The van der Waals surface area contributed by atoms with Crippen LogP contribution in [0.1, 0.15) is 45.3 Å². The fraction of sp³-hybridized carbons (Fsp3) is 0.706. The number of nitrogens with zero attached hydrogens (tertiary/aromatic N) is 1. The van der Waals surface area contributed by atoms with Crippen molar-refractivity contribution in [1.82, 2.24) is 10.6 Å². The summed E-state index contributed by atoms with van der Waals surface area (Å²) in [6, 6.07) is 4.96. The van der Waals surface area contributed by atoms with Crippen molar-refractivity contribution in [2.45, 2.75) is 58.0 Å². The van der Waals surface area contributed by atoms with Crippen molar-refractivity contribution in [3.63, 3.8) is 0 Å². The molecule has 2 N–H and O–H groups in total. The summed E-state index contributed by atoms with van der Waals surface area (Å²) in [4.78, 5) is 4.72. The summed E-state index contributed by atoms with van der Waals surface area (Å²) in [6.45, 7) is 5.07. The molecule has 0 aromatic carbocycles. The van der Waals surface area contributed by atoms with Gasteiger partial charge in [-0.15, -0.1) is 24.0 Å². The third-order valence-electron chi connectivity index (χ3n) is 4.69. The molecule has 2 aliphatic carbocycles. The Morgan fingerprint density at radius 1 is 1.36 bits per heavy atom. The summed E-state index contributed by atoms with van der Waals surface area (Å²) in [5.41, 5.74) is 0. The number of hydrogen-bond donors (Lipinski definition) is 2. The summed E-state index contributed by atoms with van der Waals surface area (Å²) >= 11 is 0. The molecule has 0 radical (unpaired) electrons. The van der Waals surface area contributed by atoms with Gasteiger partial charge in [0.05, 0.1) is 6.26 Å². The Balaban J connectivity index is 0.00000176. The van der Waals surface area contributed by atoms with E-state index in [1.165, 1.54) is 25.7 Å². The van der Waals surface area contributed by atoms with Gasteiger partial charge in [-0.05, 0) is 57.1 Å². The lowest BCUT2D eigenvalue weighted by Gasteiger charge is -2.26. The van der Waals surface area contributed by atoms with E-state index in [1.807, 2.05) is 12.1 Å². The average molecular weight is 417 g/mol. The van der Waals surface area contributed by atoms with Gasteiger partial charge in [-0.25, -0.2) is 0 Å². The van der Waals surface area contributed by atoms with Crippen molar-refractivity contribution in [3.05, 3.63) is 24.2 Å². The molecule has 2 saturated carbocycles. The van der Waals surface area contributed by atoms with E-state index in [0.29, 0.717) is 12.1 Å². The zero-order valence-electron chi connectivity index (χ0n) is 13.5. The highest BCUT2D eigenvalue weighted by molar-refractivity contribution is 14.0. The summed E-state index contributed by atoms with van der Waals surface area (Å²) in [5, 5.41) is 7.12. The van der Waals surface area contributed by atoms with Crippen molar-refractivity contribution < 1.29 is 4.42 Å². The van der Waals surface area contributed by atoms with E-state index in [1.54, 1.807) is 6.26 Å². The van der Waals surface area contributed by atoms with E-state index in [4.69, 9.17) is 9.41 Å². The second-order valence-electron chi connectivity index (χ2n) is 6.78. The highest BCUT2D eigenvalue weighted by Crippen LogP contribution is 2.44. The number of aliphatic imine (C=N–C) groups is 1. The molecule has 4 nitrogen and oxygen atoms in total. The maximum absolute atomic E-state index is 5.36. The van der Waals surface area contributed by atoms with Gasteiger partial charge in [-0.2, -0.15) is 0 Å². The van der Waals surface area contributed by atoms with Crippen LogP contribution in [0.15, 0.2) is 27.8 Å². The van der Waals surface area contributed by atoms with Crippen LogP contribution in [0.4, 0.5) is 0 Å². The van der Waals surface area contributed by atoms with Crippen LogP contribution in [0.5, 0.6) is 0 Å². The zero-order valence-corrected chi connectivity index (χ0v) is 15.9. The number of hydrogen-bond acceptors (Lipinski definition) is 2. The quantitative estimate of drug-likeness (QED) is 0.438. The molecule has 3 rings (SSSR count). The Kier molecular flexibility index (Phi) is 6.59. The first kappa shape index (κ1) is 17.6. The molecular formula is C17H28IN3O. The standard InChI is InChI=1S/C17H27N3O.HI/c1-12(2)19-17(18-8-7-15-4-3-9-21-15)20-16-11-13-5-6-14(16)10-13;/h3-4,9,12-14,16H,5-8,10-11H2,1-2H3,(H2,18,19,20);1H. The molecule has 0 aliphatic heterocycles. The van der Waals surface area contributed by atoms with Crippen molar-refractivity contribution in [3.8, 4) is 0 Å². The van der Waals surface area contributed by atoms with Gasteiger partial charge in [0.15, 0.2) is 5.96 Å². The Morgan fingerprint density at radius 2 is 2.23 bits per heavy atom. The van der Waals surface area contributed by atoms with Crippen LogP contribution in [-0.2, 0) is 6.42 Å². The van der Waals surface area contributed by atoms with Crippen LogP contribution in [0, 0.1) is 11.8 Å². The molecule has 2 aliphatic rings. The van der Waals surface area contributed by atoms with Crippen LogP contribution < -0.4 is 10.6 Å². The molecule has 1 aromatic rings. The fourth-order valence-electron chi connectivity index (χ4n) is 3.74. The summed E-state index contributed by atoms with van der Waals surface area (Å²) in [6.07, 6.45) is 8.14. The molecule has 3 unspecified atom stereocenters. The molecule has 2 fully saturated rings. The van der Waals surface area contributed by atoms with Crippen molar-refractivity contribution in [1.29, 1.82) is 0 Å². The molecule has 2 bridgehead atoms. The zero-order chi connectivity index (χ0) is 14.7. The lowest BCUT2D eigenvalue weighted by molar-refractivity contribution is 0.386. The molecule has 3 atom stereocenters. The molecular weight excluding hydrogens is 389 g/mol. The predicted octanol–water partition coefficient (Wildman–Crippen LogP) is 3.57. The topological polar surface area (TPSA) is 49.6 Å². The van der Waals surface area contributed by atoms with E-state index < -0.39 is 0 Å². The van der Waals surface area contributed by atoms with E-state index in [9.17, 15) is 0 Å². The van der Waals surface area contributed by atoms with Crippen LogP contribution in [-0.4, -0.2) is 24.6 Å². The van der Waals surface area contributed by atoms with E-state index in [2.05, 4.69) is 24.5 Å². The Labute approximate surface area is 150 Å². The molecule has 1 heterocycles. The van der Waals surface area contributed by atoms with Gasteiger partial charge in [0, 0.05) is 25.0 Å². The maximum Gasteiger partial charge on any atom is 0.191 e. The van der Waals surface area contributed by atoms with Crippen molar-refractivity contribution >= 4 is 29.9 Å². The Hall–Kier alpha value is -0.720. The molecule has 22 heavy (non-hydrogen) atoms. The van der Waals surface area contributed by atoms with Crippen molar-refractivity contribution in [2.24, 2.45) is 16.8 Å². The number of nitrogens with one attached hydrogen (secondary N) is 2. The fourth-order valence-corrected chi connectivity index (χ4v) is 3.74. The first-order valence-corrected chi connectivity index (χ1v) is 8.30. The molecule has 0 saturated heterocycles. The van der Waals surface area contributed by atoms with Crippen LogP contribution in [0.25, 0.3) is 0 Å². The Bertz CT molecular complexity index is 472. The third-order valence-corrected chi connectivity index (χ3v) is 4.69. The number of rotatable bonds is 5. The van der Waals surface area contributed by atoms with Crippen LogP contribution >= 0.6 is 24.0 Å². The van der Waals surface area contributed by atoms with Gasteiger partial charge in [0.2, 0.25) is 0 Å². The Morgan fingerprint density at radius 3 is 2.82 bits per heavy atom. The first-order valence-electron chi connectivity index (χ1n) is 8.30. The smallest absolute Gasteiger partial charge is 0.191 e. The summed E-state index contributed by atoms with van der Waals surface area (Å²) < 4.78 is 5.36. The van der Waals surface area contributed by atoms with E-state index >= 15 is 0 Å². The van der Waals surface area contributed by atoms with Crippen molar-refractivity contribution in [2.75, 3.05) is 6.54 Å². The highest BCUT2D eigenvalue weighted by atomic mass is 127. The number of guanidine groups is 1. The minimum Gasteiger partial charge on any atom is -0.469 e. The monoisotopic (exact) mass is 417 g/mol. The molecule has 124 valence electrons. The third kappa shape index (κ3) is 4.64. The highest BCUT2D eigenvalue weighted by Gasteiger charge is 2.39. The van der Waals surface area contributed by atoms with Gasteiger partial charge < -0.3 is 15.1 Å². The minimum absolute atomic E-state index is 0. The van der Waals surface area contributed by atoms with E-state index in [-0.39, 0.29) is 24.0 Å². The molecule has 0 amide bonds. The first-order chi connectivity index (χ1) is 10.2. The van der Waals surface area contributed by atoms with E-state index in [0.717, 1.165) is 36.5 Å². The largest absolute Gasteiger partial charge is 0.469 e. The molecule has 1 aromatic heterocycles. The van der Waals surface area contributed by atoms with Gasteiger partial charge in [-0.1, -0.05) is 6.42 Å². The molecule has 5 heteroatoms. The maximum atomic E-state index is 5.36. The predicted molar refractivity (Wildman–Crippen MR) is 101 cm³/mol. The summed E-state index contributed by atoms with van der Waals surface area (Å²) in [7, 11) is 0. The lowest BCUT2D eigenvalue weighted by atomic mass is 9.95. The van der Waals surface area contributed by atoms with Gasteiger partial charge in [0.1, 0.15) is 5.76 Å². The second kappa shape index (κ2) is 8.22. The SMILES string of the molecule is CC(C)NC(=NCCc1ccco1)NC1CC2CCC1C2.I. The van der Waals surface area contributed by atoms with Gasteiger partial charge in [-0.3, -0.25) is 4.99 Å². The van der Waals surface area contributed by atoms with Gasteiger partial charge in [0.25, 0.3) is 0 Å². The number of furan rings is 1. The second-order valence-corrected chi connectivity index (χ2v) is 6.78. The lowest BCUT2D eigenvalue weighted by Crippen LogP contribution is -2.47. The average Bonchev–Trinajstić information content (AvgIpc) is 3.14.